The van der Waals surface area contributed by atoms with E-state index in [1.54, 1.807) is 13.8 Å². The van der Waals surface area contributed by atoms with Gasteiger partial charge in [0, 0.05) is 25.1 Å². The van der Waals surface area contributed by atoms with Crippen LogP contribution in [0.15, 0.2) is 42.5 Å². The zero-order valence-corrected chi connectivity index (χ0v) is 18.4. The molecule has 0 aliphatic rings. The fourth-order valence-electron chi connectivity index (χ4n) is 3.05. The Bertz CT molecular complexity index is 1050. The molecule has 0 amide bonds. The van der Waals surface area contributed by atoms with Crippen LogP contribution in [-0.4, -0.2) is 38.4 Å². The first-order chi connectivity index (χ1) is 14.0. The van der Waals surface area contributed by atoms with E-state index < -0.39 is 11.9 Å². The SMILES string of the molecule is CCOC(=O)COc1c2ccccc2c(OCC(=O)OCC)c2cc(I)ccc12. The Morgan fingerprint density at radius 3 is 1.76 bits per heavy atom. The van der Waals surface area contributed by atoms with E-state index in [0.29, 0.717) is 24.7 Å². The number of carbonyl (C=O) groups excluding carboxylic acids is 2. The van der Waals surface area contributed by atoms with Gasteiger partial charge in [-0.1, -0.05) is 24.3 Å². The highest BCUT2D eigenvalue weighted by Crippen LogP contribution is 2.43. The van der Waals surface area contributed by atoms with Crippen LogP contribution in [0.1, 0.15) is 13.8 Å². The topological polar surface area (TPSA) is 71.1 Å². The number of carbonyl (C=O) groups is 2. The molecule has 0 aliphatic carbocycles. The number of rotatable bonds is 8. The molecule has 0 unspecified atom stereocenters. The van der Waals surface area contributed by atoms with Gasteiger partial charge in [0.2, 0.25) is 0 Å². The summed E-state index contributed by atoms with van der Waals surface area (Å²) in [5.74, 6) is 0.282. The van der Waals surface area contributed by atoms with Gasteiger partial charge in [-0.15, -0.1) is 0 Å². The normalized spacial score (nSPS) is 10.7. The van der Waals surface area contributed by atoms with Crippen molar-refractivity contribution in [2.24, 2.45) is 0 Å². The zero-order valence-electron chi connectivity index (χ0n) is 16.2. The number of halogens is 1. The van der Waals surface area contributed by atoms with E-state index in [1.807, 2.05) is 42.5 Å². The lowest BCUT2D eigenvalue weighted by atomic mass is 10.0. The summed E-state index contributed by atoms with van der Waals surface area (Å²) in [5, 5.41) is 3.14. The number of hydrogen-bond donors (Lipinski definition) is 0. The van der Waals surface area contributed by atoms with Crippen LogP contribution in [0.5, 0.6) is 11.5 Å². The Balaban J connectivity index is 2.12. The molecule has 3 aromatic carbocycles. The number of benzene rings is 3. The molecule has 0 aliphatic heterocycles. The van der Waals surface area contributed by atoms with Gasteiger partial charge >= 0.3 is 11.9 Å². The van der Waals surface area contributed by atoms with Crippen LogP contribution < -0.4 is 9.47 Å². The van der Waals surface area contributed by atoms with Gasteiger partial charge in [-0.05, 0) is 54.6 Å². The highest BCUT2D eigenvalue weighted by Gasteiger charge is 2.18. The lowest BCUT2D eigenvalue weighted by Gasteiger charge is -2.17. The lowest BCUT2D eigenvalue weighted by Crippen LogP contribution is -2.16. The summed E-state index contributed by atoms with van der Waals surface area (Å²) in [5.41, 5.74) is 0. The standard InChI is InChI=1S/C22H21IO6/c1-3-26-19(24)12-28-21-15-7-5-6-8-16(15)22(29-13-20(25)27-4-2)18-11-14(23)9-10-17(18)21/h5-11H,3-4,12-13H2,1-2H3. The Labute approximate surface area is 182 Å². The van der Waals surface area contributed by atoms with Crippen molar-refractivity contribution in [2.75, 3.05) is 26.4 Å². The maximum Gasteiger partial charge on any atom is 0.344 e. The van der Waals surface area contributed by atoms with E-state index in [9.17, 15) is 9.59 Å². The fraction of sp³-hybridized carbons (Fsp3) is 0.273. The van der Waals surface area contributed by atoms with E-state index in [-0.39, 0.29) is 13.2 Å². The Morgan fingerprint density at radius 2 is 1.24 bits per heavy atom. The highest BCUT2D eigenvalue weighted by atomic mass is 127. The number of ether oxygens (including phenoxy) is 4. The van der Waals surface area contributed by atoms with Gasteiger partial charge in [0.15, 0.2) is 13.2 Å². The van der Waals surface area contributed by atoms with Crippen molar-refractivity contribution in [3.8, 4) is 11.5 Å². The first-order valence-corrected chi connectivity index (χ1v) is 10.3. The predicted molar refractivity (Wildman–Crippen MR) is 118 cm³/mol. The molecule has 29 heavy (non-hydrogen) atoms. The minimum Gasteiger partial charge on any atom is -0.481 e. The predicted octanol–water partition coefficient (Wildman–Crippen LogP) is 4.48. The van der Waals surface area contributed by atoms with Crippen LogP contribution in [-0.2, 0) is 19.1 Å². The highest BCUT2D eigenvalue weighted by molar-refractivity contribution is 14.1. The van der Waals surface area contributed by atoms with Crippen molar-refractivity contribution in [1.82, 2.24) is 0 Å². The molecular formula is C22H21IO6. The third-order valence-electron chi connectivity index (χ3n) is 4.17. The summed E-state index contributed by atoms with van der Waals surface area (Å²) in [6.07, 6.45) is 0. The molecule has 0 fully saturated rings. The maximum atomic E-state index is 11.8. The number of hydrogen-bond acceptors (Lipinski definition) is 6. The lowest BCUT2D eigenvalue weighted by molar-refractivity contribution is -0.146. The second-order valence-corrected chi connectivity index (χ2v) is 7.33. The third-order valence-corrected chi connectivity index (χ3v) is 4.84. The summed E-state index contributed by atoms with van der Waals surface area (Å²) in [6.45, 7) is 3.70. The molecule has 0 heterocycles. The first-order valence-electron chi connectivity index (χ1n) is 9.26. The molecule has 0 radical (unpaired) electrons. The van der Waals surface area contributed by atoms with Crippen LogP contribution >= 0.6 is 22.6 Å². The Hall–Kier alpha value is -2.55. The molecule has 0 saturated heterocycles. The molecule has 3 aromatic rings. The first kappa shape index (κ1) is 21.2. The average molecular weight is 508 g/mol. The average Bonchev–Trinajstić information content (AvgIpc) is 2.71. The molecule has 7 heteroatoms. The smallest absolute Gasteiger partial charge is 0.344 e. The van der Waals surface area contributed by atoms with Crippen molar-refractivity contribution >= 4 is 56.1 Å². The molecule has 152 valence electrons. The van der Waals surface area contributed by atoms with E-state index in [1.165, 1.54) is 0 Å². The molecular weight excluding hydrogens is 487 g/mol. The van der Waals surface area contributed by atoms with Crippen LogP contribution in [0.25, 0.3) is 21.5 Å². The van der Waals surface area contributed by atoms with E-state index in [0.717, 1.165) is 25.1 Å². The molecule has 0 saturated carbocycles. The van der Waals surface area contributed by atoms with Gasteiger partial charge in [0.1, 0.15) is 11.5 Å². The summed E-state index contributed by atoms with van der Waals surface area (Å²) < 4.78 is 22.7. The summed E-state index contributed by atoms with van der Waals surface area (Å²) in [7, 11) is 0. The van der Waals surface area contributed by atoms with Gasteiger partial charge in [-0.2, -0.15) is 0 Å². The molecule has 0 N–H and O–H groups in total. The van der Waals surface area contributed by atoms with E-state index in [4.69, 9.17) is 18.9 Å². The summed E-state index contributed by atoms with van der Waals surface area (Å²) in [4.78, 5) is 23.7. The quantitative estimate of drug-likeness (QED) is 0.254. The van der Waals surface area contributed by atoms with Gasteiger partial charge in [0.25, 0.3) is 0 Å². The largest absolute Gasteiger partial charge is 0.481 e. The Kier molecular flexibility index (Phi) is 7.13. The second kappa shape index (κ2) is 9.78. The summed E-state index contributed by atoms with van der Waals surface area (Å²) in [6, 6.07) is 13.4. The van der Waals surface area contributed by atoms with Crippen LogP contribution in [0.2, 0.25) is 0 Å². The summed E-state index contributed by atoms with van der Waals surface area (Å²) >= 11 is 2.22. The van der Waals surface area contributed by atoms with Crippen LogP contribution in [0.4, 0.5) is 0 Å². The molecule has 0 spiro atoms. The van der Waals surface area contributed by atoms with Crippen molar-refractivity contribution in [2.45, 2.75) is 13.8 Å². The number of fused-ring (bicyclic) bond motifs is 2. The van der Waals surface area contributed by atoms with Gasteiger partial charge < -0.3 is 18.9 Å². The molecule has 3 rings (SSSR count). The van der Waals surface area contributed by atoms with E-state index >= 15 is 0 Å². The van der Waals surface area contributed by atoms with Gasteiger partial charge in [-0.25, -0.2) is 9.59 Å². The van der Waals surface area contributed by atoms with Crippen molar-refractivity contribution in [1.29, 1.82) is 0 Å². The molecule has 6 nitrogen and oxygen atoms in total. The Morgan fingerprint density at radius 1 is 0.759 bits per heavy atom. The third kappa shape index (κ3) is 4.90. The fourth-order valence-corrected chi connectivity index (χ4v) is 3.54. The number of esters is 2. The monoisotopic (exact) mass is 508 g/mol. The van der Waals surface area contributed by atoms with Crippen molar-refractivity contribution < 1.29 is 28.5 Å². The van der Waals surface area contributed by atoms with Crippen molar-refractivity contribution in [3.05, 3.63) is 46.0 Å². The second-order valence-electron chi connectivity index (χ2n) is 6.08. The molecule has 0 aromatic heterocycles. The van der Waals surface area contributed by atoms with Crippen molar-refractivity contribution in [3.63, 3.8) is 0 Å². The molecule has 0 atom stereocenters. The van der Waals surface area contributed by atoms with Gasteiger partial charge in [-0.3, -0.25) is 0 Å². The maximum absolute atomic E-state index is 11.8. The minimum atomic E-state index is -0.433. The van der Waals surface area contributed by atoms with Crippen LogP contribution in [0, 0.1) is 3.57 Å². The van der Waals surface area contributed by atoms with E-state index in [2.05, 4.69) is 22.6 Å². The van der Waals surface area contributed by atoms with Gasteiger partial charge in [0.05, 0.1) is 13.2 Å². The zero-order chi connectivity index (χ0) is 20.8. The minimum absolute atomic E-state index is 0.193. The molecule has 0 bridgehead atoms. The van der Waals surface area contributed by atoms with Crippen LogP contribution in [0.3, 0.4) is 0 Å².